The molecule has 0 aliphatic carbocycles. The van der Waals surface area contributed by atoms with Crippen LogP contribution >= 0.6 is 0 Å². The van der Waals surface area contributed by atoms with Crippen molar-refractivity contribution in [3.05, 3.63) is 72.3 Å². The zero-order valence-electron chi connectivity index (χ0n) is 15.6. The number of fused-ring (bicyclic) bond motifs is 1. The van der Waals surface area contributed by atoms with Crippen LogP contribution in [-0.2, 0) is 21.0 Å². The number of ether oxygens (including phenoxy) is 1. The van der Waals surface area contributed by atoms with Gasteiger partial charge in [-0.3, -0.25) is 9.59 Å². The van der Waals surface area contributed by atoms with Gasteiger partial charge < -0.3 is 14.9 Å². The van der Waals surface area contributed by atoms with E-state index < -0.39 is 11.7 Å². The highest BCUT2D eigenvalue weighted by atomic mass is 16.6. The summed E-state index contributed by atoms with van der Waals surface area (Å²) in [5, 5.41) is 8.52. The molecule has 0 aliphatic heterocycles. The van der Waals surface area contributed by atoms with Crippen LogP contribution in [0.3, 0.4) is 0 Å². The van der Waals surface area contributed by atoms with Crippen molar-refractivity contribution in [3.63, 3.8) is 0 Å². The minimum absolute atomic E-state index is 0.139. The second-order valence-electron chi connectivity index (χ2n) is 6.06. The Balaban J connectivity index is 1.75. The molecule has 0 bridgehead atoms. The molecule has 3 aromatic rings. The quantitative estimate of drug-likeness (QED) is 0.385. The Labute approximate surface area is 162 Å². The maximum absolute atomic E-state index is 12.5. The van der Waals surface area contributed by atoms with Crippen molar-refractivity contribution in [3.8, 4) is 5.75 Å². The number of nitrogens with zero attached hydrogens (tertiary/aromatic N) is 1. The van der Waals surface area contributed by atoms with Crippen molar-refractivity contribution < 1.29 is 19.2 Å². The number of hydrogen-bond acceptors (Lipinski definition) is 5. The van der Waals surface area contributed by atoms with E-state index in [0.29, 0.717) is 11.4 Å². The lowest BCUT2D eigenvalue weighted by atomic mass is 10.1. The molecule has 0 radical (unpaired) electrons. The molecule has 28 heavy (non-hydrogen) atoms. The number of methoxy groups -OCH3 is 1. The van der Waals surface area contributed by atoms with Crippen molar-refractivity contribution in [2.45, 2.75) is 13.5 Å². The van der Waals surface area contributed by atoms with Gasteiger partial charge >= 0.3 is 0 Å². The van der Waals surface area contributed by atoms with Crippen LogP contribution in [0.2, 0.25) is 0 Å². The third-order valence-corrected chi connectivity index (χ3v) is 4.16. The number of amides is 1. The van der Waals surface area contributed by atoms with E-state index in [0.717, 1.165) is 16.3 Å². The Hall–Kier alpha value is -3.67. The number of rotatable bonds is 7. The van der Waals surface area contributed by atoms with Crippen LogP contribution in [0.15, 0.2) is 71.9 Å². The summed E-state index contributed by atoms with van der Waals surface area (Å²) in [6.45, 7) is 1.40. The predicted octanol–water partition coefficient (Wildman–Crippen LogP) is 3.95. The summed E-state index contributed by atoms with van der Waals surface area (Å²) < 4.78 is 5.20. The molecule has 0 heterocycles. The highest BCUT2D eigenvalue weighted by molar-refractivity contribution is 6.67. The van der Waals surface area contributed by atoms with Crippen LogP contribution < -0.4 is 10.1 Å². The van der Waals surface area contributed by atoms with Gasteiger partial charge in [0.05, 0.1) is 12.8 Å². The molecule has 6 heteroatoms. The number of hydrogen-bond donors (Lipinski definition) is 1. The van der Waals surface area contributed by atoms with Gasteiger partial charge in [0.1, 0.15) is 12.4 Å². The van der Waals surface area contributed by atoms with Crippen LogP contribution in [0.1, 0.15) is 12.5 Å². The number of nitrogens with one attached hydrogen (secondary N) is 1. The van der Waals surface area contributed by atoms with Gasteiger partial charge in [0.2, 0.25) is 5.71 Å². The van der Waals surface area contributed by atoms with E-state index >= 15 is 0 Å². The number of anilines is 1. The van der Waals surface area contributed by atoms with Gasteiger partial charge in [0.15, 0.2) is 5.78 Å². The standard InChI is InChI=1S/C22H20N2O4/c1-15(25)21(22(26)23-19-12-5-6-13-20(19)27-2)24-28-14-17-10-7-9-16-8-3-4-11-18(16)17/h3-13H,14H2,1-2H3,(H,23,26)/b24-21-. The monoisotopic (exact) mass is 376 g/mol. The van der Waals surface area contributed by atoms with Gasteiger partial charge in [-0.2, -0.15) is 0 Å². The van der Waals surface area contributed by atoms with Gasteiger partial charge in [0.25, 0.3) is 5.91 Å². The fourth-order valence-corrected chi connectivity index (χ4v) is 2.78. The van der Waals surface area contributed by atoms with Gasteiger partial charge in [0, 0.05) is 6.92 Å². The molecular weight excluding hydrogens is 356 g/mol. The average Bonchev–Trinajstić information content (AvgIpc) is 2.71. The number of oxime groups is 1. The first kappa shape index (κ1) is 19.1. The zero-order chi connectivity index (χ0) is 19.9. The third-order valence-electron chi connectivity index (χ3n) is 4.16. The van der Waals surface area contributed by atoms with Crippen molar-refractivity contribution in [1.82, 2.24) is 0 Å². The molecule has 0 fully saturated rings. The molecule has 3 aromatic carbocycles. The van der Waals surface area contributed by atoms with Crippen LogP contribution in [0.5, 0.6) is 5.75 Å². The summed E-state index contributed by atoms with van der Waals surface area (Å²) in [6.07, 6.45) is 0. The number of para-hydroxylation sites is 2. The molecule has 0 atom stereocenters. The minimum Gasteiger partial charge on any atom is -0.495 e. The van der Waals surface area contributed by atoms with Crippen LogP contribution in [0.4, 0.5) is 5.69 Å². The van der Waals surface area contributed by atoms with Gasteiger partial charge in [-0.05, 0) is 28.5 Å². The summed E-state index contributed by atoms with van der Waals surface area (Å²) in [7, 11) is 1.50. The normalized spacial score (nSPS) is 11.1. The molecule has 0 spiro atoms. The Bertz CT molecular complexity index is 1040. The Morgan fingerprint density at radius 2 is 1.68 bits per heavy atom. The molecule has 0 aromatic heterocycles. The van der Waals surface area contributed by atoms with E-state index in [2.05, 4.69) is 10.5 Å². The number of ketones is 1. The third kappa shape index (κ3) is 4.35. The van der Waals surface area contributed by atoms with E-state index in [-0.39, 0.29) is 12.3 Å². The second-order valence-corrected chi connectivity index (χ2v) is 6.06. The lowest BCUT2D eigenvalue weighted by Gasteiger charge is -2.10. The summed E-state index contributed by atoms with van der Waals surface area (Å²) in [6, 6.07) is 20.6. The summed E-state index contributed by atoms with van der Waals surface area (Å²) in [5.74, 6) is -0.671. The lowest BCUT2D eigenvalue weighted by Crippen LogP contribution is -2.29. The zero-order valence-corrected chi connectivity index (χ0v) is 15.6. The van der Waals surface area contributed by atoms with Crippen molar-refractivity contribution >= 4 is 33.9 Å². The van der Waals surface area contributed by atoms with Crippen LogP contribution in [-0.4, -0.2) is 24.5 Å². The molecule has 1 N–H and O–H groups in total. The highest BCUT2D eigenvalue weighted by Gasteiger charge is 2.19. The first-order valence-corrected chi connectivity index (χ1v) is 8.72. The van der Waals surface area contributed by atoms with E-state index in [1.54, 1.807) is 24.3 Å². The molecular formula is C22H20N2O4. The van der Waals surface area contributed by atoms with E-state index in [1.807, 2.05) is 42.5 Å². The van der Waals surface area contributed by atoms with Crippen molar-refractivity contribution in [2.75, 3.05) is 12.4 Å². The summed E-state index contributed by atoms with van der Waals surface area (Å²) >= 11 is 0. The molecule has 142 valence electrons. The Morgan fingerprint density at radius 3 is 2.46 bits per heavy atom. The molecule has 0 aliphatic rings. The van der Waals surface area contributed by atoms with E-state index in [1.165, 1.54) is 14.0 Å². The van der Waals surface area contributed by atoms with Crippen molar-refractivity contribution in [2.24, 2.45) is 5.16 Å². The van der Waals surface area contributed by atoms with Crippen molar-refractivity contribution in [1.29, 1.82) is 0 Å². The van der Waals surface area contributed by atoms with E-state index in [4.69, 9.17) is 9.57 Å². The molecule has 0 saturated carbocycles. The molecule has 6 nitrogen and oxygen atoms in total. The molecule has 1 amide bonds. The fourth-order valence-electron chi connectivity index (χ4n) is 2.78. The Kier molecular flexibility index (Phi) is 6.01. The number of benzene rings is 3. The first-order chi connectivity index (χ1) is 13.6. The predicted molar refractivity (Wildman–Crippen MR) is 108 cm³/mol. The van der Waals surface area contributed by atoms with Gasteiger partial charge in [-0.15, -0.1) is 0 Å². The maximum atomic E-state index is 12.5. The smallest absolute Gasteiger partial charge is 0.281 e. The number of carbonyl (C=O) groups is 2. The second kappa shape index (κ2) is 8.81. The van der Waals surface area contributed by atoms with Gasteiger partial charge in [-0.1, -0.05) is 59.8 Å². The topological polar surface area (TPSA) is 77.0 Å². The average molecular weight is 376 g/mol. The molecule has 3 rings (SSSR count). The Morgan fingerprint density at radius 1 is 0.964 bits per heavy atom. The number of Topliss-reactive ketones (excluding diaryl/α,β-unsaturated/α-hetero) is 1. The molecule has 0 saturated heterocycles. The summed E-state index contributed by atoms with van der Waals surface area (Å²) in [4.78, 5) is 29.7. The molecule has 0 unspecified atom stereocenters. The van der Waals surface area contributed by atoms with Gasteiger partial charge in [-0.25, -0.2) is 0 Å². The highest BCUT2D eigenvalue weighted by Crippen LogP contribution is 2.23. The maximum Gasteiger partial charge on any atom is 0.281 e. The number of carbonyl (C=O) groups excluding carboxylic acids is 2. The minimum atomic E-state index is -0.657. The van der Waals surface area contributed by atoms with Crippen LogP contribution in [0, 0.1) is 0 Å². The first-order valence-electron chi connectivity index (χ1n) is 8.72. The lowest BCUT2D eigenvalue weighted by molar-refractivity contribution is -0.114. The SMILES string of the molecule is COc1ccccc1NC(=O)/C(=N\OCc1cccc2ccccc12)C(C)=O. The largest absolute Gasteiger partial charge is 0.495 e. The van der Waals surface area contributed by atoms with E-state index in [9.17, 15) is 9.59 Å². The summed E-state index contributed by atoms with van der Waals surface area (Å²) in [5.41, 5.74) is 1.04. The van der Waals surface area contributed by atoms with Crippen LogP contribution in [0.25, 0.3) is 10.8 Å². The fraction of sp³-hybridized carbons (Fsp3) is 0.136.